The summed E-state index contributed by atoms with van der Waals surface area (Å²) in [5.74, 6) is 0.281. The second-order valence-corrected chi connectivity index (χ2v) is 6.13. The number of terminal acetylenes is 1. The molecule has 0 aromatic heterocycles. The van der Waals surface area contributed by atoms with E-state index in [1.165, 1.54) is 27.7 Å². The van der Waals surface area contributed by atoms with Gasteiger partial charge in [-0.2, -0.15) is 0 Å². The van der Waals surface area contributed by atoms with Crippen molar-refractivity contribution in [2.45, 2.75) is 71.0 Å². The topological polar surface area (TPSA) is 117 Å². The van der Waals surface area contributed by atoms with E-state index in [-0.39, 0.29) is 12.5 Å². The van der Waals surface area contributed by atoms with Crippen LogP contribution in [0.25, 0.3) is 0 Å². The number of ether oxygens (including phenoxy) is 4. The van der Waals surface area contributed by atoms with Gasteiger partial charge in [-0.3, -0.25) is 19.2 Å². The third kappa shape index (κ3) is 7.27. The molecule has 1 unspecified atom stereocenters. The SMILES string of the molecule is C#CCCC1O[C@H](COC(C)=O)[C@H](OC(C)=O)[C@H](OC(C)=O)[C@H]1NC(C)=O. The first kappa shape index (κ1) is 22.4. The molecule has 1 saturated heterocycles. The van der Waals surface area contributed by atoms with E-state index in [2.05, 4.69) is 11.2 Å². The second-order valence-electron chi connectivity index (χ2n) is 6.13. The van der Waals surface area contributed by atoms with Crippen LogP contribution >= 0.6 is 0 Å². The molecule has 1 fully saturated rings. The van der Waals surface area contributed by atoms with Crippen LogP contribution in [0.2, 0.25) is 0 Å². The predicted molar refractivity (Wildman–Crippen MR) is 92.1 cm³/mol. The fraction of sp³-hybridized carbons (Fsp3) is 0.667. The van der Waals surface area contributed by atoms with Crippen LogP contribution in [0.1, 0.15) is 40.5 Å². The zero-order valence-corrected chi connectivity index (χ0v) is 15.9. The van der Waals surface area contributed by atoms with Crippen molar-refractivity contribution in [3.63, 3.8) is 0 Å². The maximum absolute atomic E-state index is 11.7. The highest BCUT2D eigenvalue weighted by atomic mass is 16.6. The number of carbonyl (C=O) groups is 4. The van der Waals surface area contributed by atoms with Crippen LogP contribution in [-0.4, -0.2) is 60.9 Å². The molecule has 0 aromatic carbocycles. The molecular weight excluding hydrogens is 358 g/mol. The molecule has 1 N–H and O–H groups in total. The van der Waals surface area contributed by atoms with Crippen LogP contribution in [0.3, 0.4) is 0 Å². The minimum absolute atomic E-state index is 0.218. The van der Waals surface area contributed by atoms with Crippen molar-refractivity contribution in [3.8, 4) is 12.3 Å². The Bertz CT molecular complexity index is 611. The van der Waals surface area contributed by atoms with Crippen LogP contribution in [0.4, 0.5) is 0 Å². The van der Waals surface area contributed by atoms with Gasteiger partial charge in [0.15, 0.2) is 12.2 Å². The van der Waals surface area contributed by atoms with Crippen molar-refractivity contribution < 1.29 is 38.1 Å². The van der Waals surface area contributed by atoms with E-state index < -0.39 is 48.4 Å². The first-order valence-electron chi connectivity index (χ1n) is 8.49. The molecule has 1 heterocycles. The van der Waals surface area contributed by atoms with Crippen LogP contribution in [0.15, 0.2) is 0 Å². The third-order valence-corrected chi connectivity index (χ3v) is 3.79. The van der Waals surface area contributed by atoms with Crippen LogP contribution < -0.4 is 5.32 Å². The monoisotopic (exact) mass is 383 g/mol. The van der Waals surface area contributed by atoms with Gasteiger partial charge in [0.2, 0.25) is 5.91 Å². The molecule has 1 aliphatic heterocycles. The van der Waals surface area contributed by atoms with Gasteiger partial charge in [0.05, 0.1) is 12.1 Å². The Morgan fingerprint density at radius 3 is 2.04 bits per heavy atom. The molecule has 0 radical (unpaired) electrons. The van der Waals surface area contributed by atoms with E-state index in [0.29, 0.717) is 12.8 Å². The minimum Gasteiger partial charge on any atom is -0.463 e. The number of rotatable bonds is 7. The second kappa shape index (κ2) is 10.5. The lowest BCUT2D eigenvalue weighted by molar-refractivity contribution is -0.224. The van der Waals surface area contributed by atoms with Gasteiger partial charge in [0.25, 0.3) is 0 Å². The van der Waals surface area contributed by atoms with E-state index in [1.54, 1.807) is 0 Å². The molecule has 5 atom stereocenters. The fourth-order valence-corrected chi connectivity index (χ4v) is 2.90. The number of amides is 1. The summed E-state index contributed by atoms with van der Waals surface area (Å²) >= 11 is 0. The minimum atomic E-state index is -1.08. The van der Waals surface area contributed by atoms with E-state index in [1.807, 2.05) is 0 Å². The third-order valence-electron chi connectivity index (χ3n) is 3.79. The quantitative estimate of drug-likeness (QED) is 0.374. The number of carbonyl (C=O) groups excluding carboxylic acids is 4. The number of nitrogens with one attached hydrogen (secondary N) is 1. The van der Waals surface area contributed by atoms with Crippen LogP contribution in [0.5, 0.6) is 0 Å². The van der Waals surface area contributed by atoms with Crippen molar-refractivity contribution in [1.82, 2.24) is 5.32 Å². The molecule has 9 nitrogen and oxygen atoms in total. The maximum atomic E-state index is 11.7. The Labute approximate surface area is 158 Å². The van der Waals surface area contributed by atoms with Crippen molar-refractivity contribution in [2.24, 2.45) is 0 Å². The lowest BCUT2D eigenvalue weighted by Gasteiger charge is -2.45. The van der Waals surface area contributed by atoms with Gasteiger partial charge in [-0.05, 0) is 6.42 Å². The van der Waals surface area contributed by atoms with Crippen molar-refractivity contribution in [3.05, 3.63) is 0 Å². The van der Waals surface area contributed by atoms with Crippen molar-refractivity contribution in [1.29, 1.82) is 0 Å². The summed E-state index contributed by atoms with van der Waals surface area (Å²) in [6, 6.07) is -0.794. The summed E-state index contributed by atoms with van der Waals surface area (Å²) in [7, 11) is 0. The molecule has 27 heavy (non-hydrogen) atoms. The number of esters is 3. The van der Waals surface area contributed by atoms with Gasteiger partial charge in [0.1, 0.15) is 12.7 Å². The number of hydrogen-bond donors (Lipinski definition) is 1. The molecule has 1 rings (SSSR count). The molecular formula is C18H25NO8. The highest BCUT2D eigenvalue weighted by Gasteiger charge is 2.50. The molecule has 0 bridgehead atoms. The Morgan fingerprint density at radius 1 is 0.963 bits per heavy atom. The van der Waals surface area contributed by atoms with Gasteiger partial charge in [0, 0.05) is 34.1 Å². The van der Waals surface area contributed by atoms with Gasteiger partial charge in [-0.15, -0.1) is 12.3 Å². The molecule has 0 aromatic rings. The molecule has 0 aliphatic carbocycles. The Hall–Kier alpha value is -2.60. The lowest BCUT2D eigenvalue weighted by atomic mass is 9.90. The summed E-state index contributed by atoms with van der Waals surface area (Å²) in [6.07, 6.45) is 2.36. The molecule has 0 saturated carbocycles. The molecule has 150 valence electrons. The van der Waals surface area contributed by atoms with E-state index in [0.717, 1.165) is 0 Å². The normalized spacial score (nSPS) is 27.0. The van der Waals surface area contributed by atoms with E-state index >= 15 is 0 Å². The van der Waals surface area contributed by atoms with E-state index in [9.17, 15) is 19.2 Å². The standard InChI is InChI=1S/C18H25NO8/c1-6-7-8-14-16(19-10(2)20)18(26-13(5)23)17(25-12(4)22)15(27-14)9-24-11(3)21/h1,14-18H,7-9H2,2-5H3,(H,19,20)/t14?,15-,16+,17+,18-/m1/s1. The zero-order chi connectivity index (χ0) is 20.6. The highest BCUT2D eigenvalue weighted by molar-refractivity contribution is 5.73. The van der Waals surface area contributed by atoms with Crippen LogP contribution in [-0.2, 0) is 38.1 Å². The largest absolute Gasteiger partial charge is 0.463 e. The average molecular weight is 383 g/mol. The van der Waals surface area contributed by atoms with Crippen molar-refractivity contribution in [2.75, 3.05) is 6.61 Å². The Kier molecular flexibility index (Phi) is 8.75. The summed E-state index contributed by atoms with van der Waals surface area (Å²) in [5, 5.41) is 2.68. The molecule has 1 amide bonds. The smallest absolute Gasteiger partial charge is 0.303 e. The first-order chi connectivity index (χ1) is 12.6. The summed E-state index contributed by atoms with van der Waals surface area (Å²) < 4.78 is 21.6. The summed E-state index contributed by atoms with van der Waals surface area (Å²) in [5.41, 5.74) is 0. The Morgan fingerprint density at radius 2 is 1.56 bits per heavy atom. The fourth-order valence-electron chi connectivity index (χ4n) is 2.90. The lowest BCUT2D eigenvalue weighted by Crippen LogP contribution is -2.66. The average Bonchev–Trinajstić information content (AvgIpc) is 2.54. The molecule has 9 heteroatoms. The maximum Gasteiger partial charge on any atom is 0.303 e. The molecule has 0 spiro atoms. The van der Waals surface area contributed by atoms with Gasteiger partial charge in [-0.1, -0.05) is 0 Å². The summed E-state index contributed by atoms with van der Waals surface area (Å²) in [6.45, 7) is 4.69. The summed E-state index contributed by atoms with van der Waals surface area (Å²) in [4.78, 5) is 46.1. The first-order valence-corrected chi connectivity index (χ1v) is 8.49. The van der Waals surface area contributed by atoms with Crippen LogP contribution in [0, 0.1) is 12.3 Å². The van der Waals surface area contributed by atoms with Gasteiger partial charge >= 0.3 is 17.9 Å². The highest BCUT2D eigenvalue weighted by Crippen LogP contribution is 2.29. The number of hydrogen-bond acceptors (Lipinski definition) is 8. The molecule has 1 aliphatic rings. The predicted octanol–water partition coefficient (Wildman–Crippen LogP) is 0.0984. The van der Waals surface area contributed by atoms with Crippen molar-refractivity contribution >= 4 is 23.8 Å². The zero-order valence-electron chi connectivity index (χ0n) is 15.9. The van der Waals surface area contributed by atoms with E-state index in [4.69, 9.17) is 25.4 Å². The Balaban J connectivity index is 3.25. The van der Waals surface area contributed by atoms with Gasteiger partial charge < -0.3 is 24.3 Å². The van der Waals surface area contributed by atoms with Gasteiger partial charge in [-0.25, -0.2) is 0 Å².